The van der Waals surface area contributed by atoms with Crippen LogP contribution in [0.1, 0.15) is 23.9 Å². The van der Waals surface area contributed by atoms with Gasteiger partial charge in [0.1, 0.15) is 12.2 Å². The highest BCUT2D eigenvalue weighted by atomic mass is 127. The number of aromatic nitrogens is 3. The Bertz CT molecular complexity index is 864. The minimum atomic E-state index is 0. The van der Waals surface area contributed by atoms with E-state index < -0.39 is 0 Å². The van der Waals surface area contributed by atoms with Crippen molar-refractivity contribution in [1.29, 1.82) is 0 Å². The Labute approximate surface area is 196 Å². The van der Waals surface area contributed by atoms with E-state index in [1.807, 2.05) is 12.1 Å². The summed E-state index contributed by atoms with van der Waals surface area (Å²) < 4.78 is 2.08. The van der Waals surface area contributed by atoms with Crippen molar-refractivity contribution in [3.05, 3.63) is 83.9 Å². The van der Waals surface area contributed by atoms with Crippen molar-refractivity contribution in [2.75, 3.05) is 19.6 Å². The number of halogens is 1. The molecular weight excluding hydrogens is 487 g/mol. The quantitative estimate of drug-likeness (QED) is 0.245. The second-order valence-corrected chi connectivity index (χ2v) is 6.85. The summed E-state index contributed by atoms with van der Waals surface area (Å²) in [5.74, 6) is 1.86. The predicted octanol–water partition coefficient (Wildman–Crippen LogP) is 3.48. The van der Waals surface area contributed by atoms with Gasteiger partial charge in [-0.3, -0.25) is 4.99 Å². The van der Waals surface area contributed by atoms with Crippen molar-refractivity contribution in [3.63, 3.8) is 0 Å². The molecule has 0 aliphatic heterocycles. The molecule has 6 nitrogen and oxygen atoms in total. The Kier molecular flexibility index (Phi) is 10.9. The topological polar surface area (TPSA) is 67.1 Å². The molecule has 0 aliphatic carbocycles. The molecule has 0 radical (unpaired) electrons. The third-order valence-electron chi connectivity index (χ3n) is 4.72. The van der Waals surface area contributed by atoms with E-state index in [-0.39, 0.29) is 24.0 Å². The van der Waals surface area contributed by atoms with Gasteiger partial charge in [-0.25, -0.2) is 0 Å². The van der Waals surface area contributed by atoms with E-state index in [1.54, 1.807) is 6.33 Å². The molecule has 7 heteroatoms. The van der Waals surface area contributed by atoms with Crippen LogP contribution in [0.2, 0.25) is 0 Å². The first-order valence-electron chi connectivity index (χ1n) is 10.3. The van der Waals surface area contributed by atoms with Crippen molar-refractivity contribution in [2.45, 2.75) is 32.7 Å². The number of hydrogen-bond acceptors (Lipinski definition) is 3. The van der Waals surface area contributed by atoms with E-state index in [9.17, 15) is 0 Å². The molecule has 0 bridgehead atoms. The number of aliphatic imine (C=N–C) groups is 1. The molecule has 0 saturated carbocycles. The Morgan fingerprint density at radius 3 is 2.20 bits per heavy atom. The number of benzene rings is 2. The first-order valence-corrected chi connectivity index (χ1v) is 10.3. The Morgan fingerprint density at radius 1 is 0.900 bits per heavy atom. The summed E-state index contributed by atoms with van der Waals surface area (Å²) in [5.41, 5.74) is 2.62. The molecule has 0 atom stereocenters. The Balaban J connectivity index is 0.00000320. The van der Waals surface area contributed by atoms with Gasteiger partial charge in [-0.1, -0.05) is 67.6 Å². The summed E-state index contributed by atoms with van der Waals surface area (Å²) in [6.45, 7) is 5.27. The maximum absolute atomic E-state index is 4.77. The normalized spacial score (nSPS) is 11.0. The molecule has 2 aromatic carbocycles. The summed E-state index contributed by atoms with van der Waals surface area (Å²) in [4.78, 5) is 4.77. The van der Waals surface area contributed by atoms with Crippen LogP contribution in [-0.2, 0) is 25.8 Å². The highest BCUT2D eigenvalue weighted by molar-refractivity contribution is 14.0. The number of aryl methyl sites for hydroxylation is 1. The second-order valence-electron chi connectivity index (χ2n) is 6.85. The first kappa shape index (κ1) is 23.9. The zero-order valence-corrected chi connectivity index (χ0v) is 19.8. The van der Waals surface area contributed by atoms with E-state index >= 15 is 0 Å². The van der Waals surface area contributed by atoms with Gasteiger partial charge in [0, 0.05) is 32.6 Å². The van der Waals surface area contributed by atoms with E-state index in [0.717, 1.165) is 57.2 Å². The monoisotopic (exact) mass is 518 g/mol. The Hall–Kier alpha value is -2.42. The van der Waals surface area contributed by atoms with Crippen LogP contribution >= 0.6 is 24.0 Å². The van der Waals surface area contributed by atoms with Gasteiger partial charge in [-0.2, -0.15) is 0 Å². The lowest BCUT2D eigenvalue weighted by Crippen LogP contribution is -2.40. The van der Waals surface area contributed by atoms with Crippen LogP contribution in [0, 0.1) is 0 Å². The maximum Gasteiger partial charge on any atom is 0.191 e. The number of hydrogen-bond donors (Lipinski definition) is 2. The zero-order chi connectivity index (χ0) is 20.2. The van der Waals surface area contributed by atoms with Crippen molar-refractivity contribution >= 4 is 29.9 Å². The summed E-state index contributed by atoms with van der Waals surface area (Å²) in [5, 5.41) is 15.0. The molecule has 30 heavy (non-hydrogen) atoms. The second kappa shape index (κ2) is 13.7. The average molecular weight is 518 g/mol. The summed E-state index contributed by atoms with van der Waals surface area (Å²) >= 11 is 0. The van der Waals surface area contributed by atoms with E-state index in [4.69, 9.17) is 4.99 Å². The summed E-state index contributed by atoms with van der Waals surface area (Å²) in [7, 11) is 0. The van der Waals surface area contributed by atoms with Crippen molar-refractivity contribution in [3.8, 4) is 0 Å². The van der Waals surface area contributed by atoms with Crippen LogP contribution in [0.4, 0.5) is 0 Å². The molecule has 0 fully saturated rings. The van der Waals surface area contributed by atoms with Crippen LogP contribution in [0.15, 0.2) is 72.0 Å². The smallest absolute Gasteiger partial charge is 0.191 e. The largest absolute Gasteiger partial charge is 0.356 e. The summed E-state index contributed by atoms with van der Waals surface area (Å²) in [6, 6.07) is 21.0. The fourth-order valence-corrected chi connectivity index (χ4v) is 3.12. The Morgan fingerprint density at radius 2 is 1.53 bits per heavy atom. The predicted molar refractivity (Wildman–Crippen MR) is 133 cm³/mol. The van der Waals surface area contributed by atoms with Crippen LogP contribution in [0.25, 0.3) is 0 Å². The van der Waals surface area contributed by atoms with Gasteiger partial charge in [0.2, 0.25) is 0 Å². The van der Waals surface area contributed by atoms with E-state index in [2.05, 4.69) is 80.9 Å². The number of nitrogens with zero attached hydrogens (tertiary/aromatic N) is 4. The molecule has 0 spiro atoms. The fraction of sp³-hybridized carbons (Fsp3) is 0.348. The van der Waals surface area contributed by atoms with Crippen molar-refractivity contribution < 1.29 is 0 Å². The van der Waals surface area contributed by atoms with Gasteiger partial charge in [-0.05, 0) is 24.0 Å². The lowest BCUT2D eigenvalue weighted by Gasteiger charge is -2.13. The van der Waals surface area contributed by atoms with Crippen LogP contribution < -0.4 is 10.6 Å². The molecule has 3 aromatic rings. The molecule has 0 unspecified atom stereocenters. The standard InChI is InChI=1S/C23H30N6.HI/c1-2-22-28-27-19-29(22)18-17-26-23(24-15-13-20-9-5-3-6-10-20)25-16-14-21-11-7-4-8-12-21;/h3-12,19H,2,13-18H2,1H3,(H2,24,25,26);1H. The van der Waals surface area contributed by atoms with Crippen molar-refractivity contribution in [2.24, 2.45) is 4.99 Å². The van der Waals surface area contributed by atoms with Crippen LogP contribution in [0.5, 0.6) is 0 Å². The van der Waals surface area contributed by atoms with Gasteiger partial charge in [-0.15, -0.1) is 34.2 Å². The minimum absolute atomic E-state index is 0. The molecule has 0 amide bonds. The molecule has 3 rings (SSSR count). The van der Waals surface area contributed by atoms with E-state index in [0.29, 0.717) is 0 Å². The third-order valence-corrected chi connectivity index (χ3v) is 4.72. The van der Waals surface area contributed by atoms with Gasteiger partial charge in [0.05, 0.1) is 0 Å². The number of guanidine groups is 1. The lowest BCUT2D eigenvalue weighted by molar-refractivity contribution is 0.631. The molecule has 0 saturated heterocycles. The number of rotatable bonds is 10. The molecular formula is C23H31IN6. The van der Waals surface area contributed by atoms with Gasteiger partial charge in [0.15, 0.2) is 5.96 Å². The summed E-state index contributed by atoms with van der Waals surface area (Å²) in [6.07, 6.45) is 4.56. The average Bonchev–Trinajstić information content (AvgIpc) is 3.22. The number of nitrogens with one attached hydrogen (secondary N) is 2. The molecule has 160 valence electrons. The molecule has 0 aliphatic rings. The van der Waals surface area contributed by atoms with E-state index in [1.165, 1.54) is 11.1 Å². The highest BCUT2D eigenvalue weighted by Crippen LogP contribution is 2.00. The van der Waals surface area contributed by atoms with Crippen LogP contribution in [0.3, 0.4) is 0 Å². The molecule has 1 aromatic heterocycles. The fourth-order valence-electron chi connectivity index (χ4n) is 3.12. The first-order chi connectivity index (χ1) is 14.3. The lowest BCUT2D eigenvalue weighted by atomic mass is 10.1. The van der Waals surface area contributed by atoms with Crippen molar-refractivity contribution in [1.82, 2.24) is 25.4 Å². The van der Waals surface area contributed by atoms with Gasteiger partial charge < -0.3 is 15.2 Å². The molecule has 1 heterocycles. The SMILES string of the molecule is CCc1nncn1CCNC(=NCCc1ccccc1)NCCc1ccccc1.I. The van der Waals surface area contributed by atoms with Gasteiger partial charge in [0.25, 0.3) is 0 Å². The minimum Gasteiger partial charge on any atom is -0.356 e. The van der Waals surface area contributed by atoms with Crippen LogP contribution in [-0.4, -0.2) is 40.4 Å². The third kappa shape index (κ3) is 8.14. The van der Waals surface area contributed by atoms with Gasteiger partial charge >= 0.3 is 0 Å². The highest BCUT2D eigenvalue weighted by Gasteiger charge is 2.03. The zero-order valence-electron chi connectivity index (χ0n) is 17.5. The molecule has 2 N–H and O–H groups in total. The maximum atomic E-state index is 4.77.